The molecule has 0 saturated heterocycles. The Kier molecular flexibility index (Phi) is 5.01. The van der Waals surface area contributed by atoms with Gasteiger partial charge in [0, 0.05) is 17.1 Å². The zero-order valence-corrected chi connectivity index (χ0v) is 15.2. The van der Waals surface area contributed by atoms with Gasteiger partial charge in [-0.25, -0.2) is 9.78 Å². The van der Waals surface area contributed by atoms with E-state index in [0.717, 1.165) is 16.5 Å². The molecule has 1 atom stereocenters. The molecule has 1 unspecified atom stereocenters. The standard InChI is InChI=1S/C22H18N2O4/c1-2-26-22(25)19-14-27-21(24-19)20(15-7-4-3-5-8-15)28-17-10-11-18-16(13-17)9-6-12-23-18/h3-14,20H,2H2,1H3. The summed E-state index contributed by atoms with van der Waals surface area (Å²) >= 11 is 0. The van der Waals surface area contributed by atoms with Crippen LogP contribution in [-0.2, 0) is 4.74 Å². The molecule has 6 heteroatoms. The molecule has 0 aliphatic heterocycles. The summed E-state index contributed by atoms with van der Waals surface area (Å²) < 4.78 is 16.8. The third-order valence-corrected chi connectivity index (χ3v) is 4.16. The summed E-state index contributed by atoms with van der Waals surface area (Å²) in [4.78, 5) is 20.5. The van der Waals surface area contributed by atoms with E-state index in [9.17, 15) is 4.79 Å². The van der Waals surface area contributed by atoms with Crippen LogP contribution in [0.2, 0.25) is 0 Å². The molecule has 6 nitrogen and oxygen atoms in total. The fourth-order valence-corrected chi connectivity index (χ4v) is 2.86. The van der Waals surface area contributed by atoms with Gasteiger partial charge in [-0.1, -0.05) is 36.4 Å². The molecule has 2 aromatic carbocycles. The van der Waals surface area contributed by atoms with Crippen LogP contribution in [0.5, 0.6) is 5.75 Å². The molecule has 0 amide bonds. The largest absolute Gasteiger partial charge is 0.476 e. The second kappa shape index (κ2) is 7.92. The molecule has 4 rings (SSSR count). The minimum absolute atomic E-state index is 0.115. The second-order valence-electron chi connectivity index (χ2n) is 6.06. The van der Waals surface area contributed by atoms with Crippen molar-refractivity contribution in [2.75, 3.05) is 6.61 Å². The Morgan fingerprint density at radius 1 is 1.11 bits per heavy atom. The lowest BCUT2D eigenvalue weighted by molar-refractivity contribution is 0.0519. The molecule has 4 aromatic rings. The van der Waals surface area contributed by atoms with E-state index < -0.39 is 12.1 Å². The summed E-state index contributed by atoms with van der Waals surface area (Å²) in [5.41, 5.74) is 1.85. The Morgan fingerprint density at radius 2 is 1.96 bits per heavy atom. The zero-order chi connectivity index (χ0) is 19.3. The summed E-state index contributed by atoms with van der Waals surface area (Å²) in [7, 11) is 0. The maximum Gasteiger partial charge on any atom is 0.360 e. The lowest BCUT2D eigenvalue weighted by Gasteiger charge is -2.17. The molecule has 0 spiro atoms. The zero-order valence-electron chi connectivity index (χ0n) is 15.2. The number of fused-ring (bicyclic) bond motifs is 1. The topological polar surface area (TPSA) is 74.5 Å². The van der Waals surface area contributed by atoms with Crippen LogP contribution in [0.1, 0.15) is 35.0 Å². The molecule has 0 N–H and O–H groups in total. The van der Waals surface area contributed by atoms with E-state index in [1.54, 1.807) is 13.1 Å². The van der Waals surface area contributed by atoms with Gasteiger partial charge in [-0.3, -0.25) is 4.98 Å². The normalized spacial score (nSPS) is 11.9. The van der Waals surface area contributed by atoms with Crippen LogP contribution in [-0.4, -0.2) is 22.5 Å². The number of aromatic nitrogens is 2. The highest BCUT2D eigenvalue weighted by Gasteiger charge is 2.24. The summed E-state index contributed by atoms with van der Waals surface area (Å²) in [6.45, 7) is 2.01. The predicted octanol–water partition coefficient (Wildman–Crippen LogP) is 4.57. The number of pyridine rings is 1. The van der Waals surface area contributed by atoms with E-state index in [2.05, 4.69) is 9.97 Å². The van der Waals surface area contributed by atoms with Crippen molar-refractivity contribution < 1.29 is 18.7 Å². The van der Waals surface area contributed by atoms with Crippen molar-refractivity contribution in [3.63, 3.8) is 0 Å². The molecule has 2 heterocycles. The van der Waals surface area contributed by atoms with Gasteiger partial charge in [0.25, 0.3) is 0 Å². The number of esters is 1. The molecule has 0 radical (unpaired) electrons. The average molecular weight is 374 g/mol. The van der Waals surface area contributed by atoms with Gasteiger partial charge in [0.2, 0.25) is 5.89 Å². The lowest BCUT2D eigenvalue weighted by atomic mass is 10.1. The first-order valence-corrected chi connectivity index (χ1v) is 8.93. The van der Waals surface area contributed by atoms with Gasteiger partial charge >= 0.3 is 5.97 Å². The monoisotopic (exact) mass is 374 g/mol. The van der Waals surface area contributed by atoms with Crippen molar-refractivity contribution in [1.29, 1.82) is 0 Å². The van der Waals surface area contributed by atoms with Crippen molar-refractivity contribution in [1.82, 2.24) is 9.97 Å². The minimum Gasteiger partial charge on any atom is -0.476 e. The molecule has 28 heavy (non-hydrogen) atoms. The lowest BCUT2D eigenvalue weighted by Crippen LogP contribution is -2.11. The number of hydrogen-bond acceptors (Lipinski definition) is 6. The van der Waals surface area contributed by atoms with Gasteiger partial charge in [0.1, 0.15) is 12.0 Å². The predicted molar refractivity (Wildman–Crippen MR) is 103 cm³/mol. The maximum atomic E-state index is 11.9. The van der Waals surface area contributed by atoms with Crippen molar-refractivity contribution in [3.05, 3.63) is 90.3 Å². The van der Waals surface area contributed by atoms with Gasteiger partial charge in [-0.15, -0.1) is 0 Å². The second-order valence-corrected chi connectivity index (χ2v) is 6.06. The summed E-state index contributed by atoms with van der Waals surface area (Å²) in [6.07, 6.45) is 2.43. The van der Waals surface area contributed by atoms with Crippen molar-refractivity contribution in [2.45, 2.75) is 13.0 Å². The van der Waals surface area contributed by atoms with Gasteiger partial charge in [0.05, 0.1) is 12.1 Å². The third kappa shape index (κ3) is 3.71. The fraction of sp³-hybridized carbons (Fsp3) is 0.136. The maximum absolute atomic E-state index is 11.9. The number of ether oxygens (including phenoxy) is 2. The molecule has 0 aliphatic carbocycles. The van der Waals surface area contributed by atoms with E-state index in [4.69, 9.17) is 13.9 Å². The SMILES string of the molecule is CCOC(=O)c1coc(C(Oc2ccc3ncccc3c2)c2ccccc2)n1. The smallest absolute Gasteiger partial charge is 0.360 e. The molecule has 0 saturated carbocycles. The minimum atomic E-state index is -0.613. The van der Waals surface area contributed by atoms with Crippen LogP contribution in [0.25, 0.3) is 10.9 Å². The van der Waals surface area contributed by atoms with Gasteiger partial charge in [-0.2, -0.15) is 0 Å². The quantitative estimate of drug-likeness (QED) is 0.460. The van der Waals surface area contributed by atoms with E-state index in [1.165, 1.54) is 6.26 Å². The molecule has 0 aliphatic rings. The van der Waals surface area contributed by atoms with Gasteiger partial charge < -0.3 is 13.9 Å². The Labute approximate surface area is 161 Å². The fourth-order valence-electron chi connectivity index (χ4n) is 2.86. The van der Waals surface area contributed by atoms with E-state index in [0.29, 0.717) is 5.75 Å². The first-order chi connectivity index (χ1) is 13.7. The Morgan fingerprint density at radius 3 is 2.79 bits per heavy atom. The van der Waals surface area contributed by atoms with Gasteiger partial charge in [-0.05, 0) is 31.2 Å². The van der Waals surface area contributed by atoms with E-state index in [1.807, 2.05) is 60.7 Å². The number of rotatable bonds is 6. The van der Waals surface area contributed by atoms with E-state index >= 15 is 0 Å². The third-order valence-electron chi connectivity index (χ3n) is 4.16. The van der Waals surface area contributed by atoms with Crippen molar-refractivity contribution in [2.24, 2.45) is 0 Å². The van der Waals surface area contributed by atoms with Crippen LogP contribution in [0.4, 0.5) is 0 Å². The Hall–Kier alpha value is -3.67. The number of hydrogen-bond donors (Lipinski definition) is 0. The van der Waals surface area contributed by atoms with Crippen LogP contribution < -0.4 is 4.74 Å². The molecule has 0 fully saturated rings. The van der Waals surface area contributed by atoms with Crippen molar-refractivity contribution in [3.8, 4) is 5.75 Å². The number of carbonyl (C=O) groups is 1. The van der Waals surface area contributed by atoms with Crippen LogP contribution in [0.15, 0.2) is 77.5 Å². The van der Waals surface area contributed by atoms with Crippen molar-refractivity contribution >= 4 is 16.9 Å². The van der Waals surface area contributed by atoms with Gasteiger partial charge in [0.15, 0.2) is 11.8 Å². The highest BCUT2D eigenvalue weighted by Crippen LogP contribution is 2.29. The number of oxazole rings is 1. The Bertz CT molecular complexity index is 1090. The molecule has 140 valence electrons. The molecule has 0 bridgehead atoms. The number of carbonyl (C=O) groups excluding carboxylic acids is 1. The van der Waals surface area contributed by atoms with Crippen LogP contribution in [0, 0.1) is 0 Å². The summed E-state index contributed by atoms with van der Waals surface area (Å²) in [6, 6.07) is 19.1. The first-order valence-electron chi connectivity index (χ1n) is 8.93. The summed E-state index contributed by atoms with van der Waals surface area (Å²) in [5, 5.41) is 0.964. The van der Waals surface area contributed by atoms with Crippen LogP contribution in [0.3, 0.4) is 0 Å². The first kappa shape index (κ1) is 17.7. The number of nitrogens with zero attached hydrogens (tertiary/aromatic N) is 2. The average Bonchev–Trinajstić information content (AvgIpc) is 3.23. The molecular weight excluding hydrogens is 356 g/mol. The molecular formula is C22H18N2O4. The highest BCUT2D eigenvalue weighted by molar-refractivity contribution is 5.86. The van der Waals surface area contributed by atoms with Crippen LogP contribution >= 0.6 is 0 Å². The molecule has 2 aromatic heterocycles. The highest BCUT2D eigenvalue weighted by atomic mass is 16.5. The Balaban J connectivity index is 1.69. The van der Waals surface area contributed by atoms with E-state index in [-0.39, 0.29) is 18.2 Å². The number of benzene rings is 2. The summed E-state index contributed by atoms with van der Waals surface area (Å²) in [5.74, 6) is 0.395.